The lowest BCUT2D eigenvalue weighted by atomic mass is 9.98. The molecule has 1 fully saturated rings. The van der Waals surface area contributed by atoms with Gasteiger partial charge in [-0.1, -0.05) is 30.5 Å². The highest BCUT2D eigenvalue weighted by Gasteiger charge is 2.27. The van der Waals surface area contributed by atoms with E-state index in [2.05, 4.69) is 5.32 Å². The molecule has 0 radical (unpaired) electrons. The number of rotatable bonds is 5. The number of anilines is 1. The molecule has 1 aliphatic carbocycles. The first kappa shape index (κ1) is 14.1. The summed E-state index contributed by atoms with van der Waals surface area (Å²) in [5.74, 6) is 0.489. The molecule has 5 nitrogen and oxygen atoms in total. The van der Waals surface area contributed by atoms with Crippen molar-refractivity contribution >= 4 is 23.0 Å². The van der Waals surface area contributed by atoms with Crippen LogP contribution in [0, 0.1) is 16.0 Å². The molecule has 6 heteroatoms. The van der Waals surface area contributed by atoms with Crippen LogP contribution in [0.5, 0.6) is 0 Å². The molecule has 0 amide bonds. The van der Waals surface area contributed by atoms with Gasteiger partial charge in [0, 0.05) is 12.6 Å². The Kier molecular flexibility index (Phi) is 4.61. The predicted octanol–water partition coefficient (Wildman–Crippen LogP) is 3.18. The summed E-state index contributed by atoms with van der Waals surface area (Å²) in [4.78, 5) is 10.6. The van der Waals surface area contributed by atoms with Gasteiger partial charge >= 0.3 is 5.69 Å². The third-order valence-corrected chi connectivity index (χ3v) is 4.04. The summed E-state index contributed by atoms with van der Waals surface area (Å²) >= 11 is 5.90. The second-order valence-electron chi connectivity index (χ2n) is 4.92. The maximum atomic E-state index is 11.1. The van der Waals surface area contributed by atoms with Crippen LogP contribution in [0.25, 0.3) is 0 Å². The molecule has 1 saturated carbocycles. The quantitative estimate of drug-likeness (QED) is 0.642. The lowest BCUT2D eigenvalue weighted by molar-refractivity contribution is -0.383. The van der Waals surface area contributed by atoms with Gasteiger partial charge in [-0.2, -0.15) is 0 Å². The van der Waals surface area contributed by atoms with Gasteiger partial charge in [-0.25, -0.2) is 0 Å². The van der Waals surface area contributed by atoms with E-state index in [4.69, 9.17) is 17.3 Å². The van der Waals surface area contributed by atoms with E-state index in [1.165, 1.54) is 18.9 Å². The number of hydrogen-bond donors (Lipinski definition) is 2. The Labute approximate surface area is 117 Å². The molecule has 0 spiro atoms. The van der Waals surface area contributed by atoms with Gasteiger partial charge in [-0.15, -0.1) is 0 Å². The maximum absolute atomic E-state index is 11.1. The average Bonchev–Trinajstić information content (AvgIpc) is 2.89. The Morgan fingerprint density at radius 2 is 2.16 bits per heavy atom. The van der Waals surface area contributed by atoms with Gasteiger partial charge in [0.05, 0.1) is 4.92 Å². The summed E-state index contributed by atoms with van der Waals surface area (Å²) in [6.45, 7) is 0.467. The van der Waals surface area contributed by atoms with Gasteiger partial charge in [-0.3, -0.25) is 10.1 Å². The number of nitrogens with zero attached hydrogens (tertiary/aromatic N) is 1. The summed E-state index contributed by atoms with van der Waals surface area (Å²) < 4.78 is 0. The van der Waals surface area contributed by atoms with Crippen LogP contribution in [0.2, 0.25) is 5.02 Å². The van der Waals surface area contributed by atoms with Gasteiger partial charge in [0.15, 0.2) is 0 Å². The molecule has 3 N–H and O–H groups in total. The fourth-order valence-electron chi connectivity index (χ4n) is 2.75. The topological polar surface area (TPSA) is 81.2 Å². The molecule has 1 aromatic carbocycles. The molecule has 0 saturated heterocycles. The summed E-state index contributed by atoms with van der Waals surface area (Å²) in [7, 11) is 0. The van der Waals surface area contributed by atoms with Crippen LogP contribution in [0.3, 0.4) is 0 Å². The van der Waals surface area contributed by atoms with Gasteiger partial charge in [-0.05, 0) is 30.9 Å². The highest BCUT2D eigenvalue weighted by atomic mass is 35.5. The van der Waals surface area contributed by atoms with E-state index < -0.39 is 4.92 Å². The smallest absolute Gasteiger partial charge is 0.310 e. The zero-order chi connectivity index (χ0) is 13.8. The summed E-state index contributed by atoms with van der Waals surface area (Å²) in [6.07, 6.45) is 4.67. The third kappa shape index (κ3) is 3.16. The second kappa shape index (κ2) is 6.21. The maximum Gasteiger partial charge on any atom is 0.310 e. The summed E-state index contributed by atoms with van der Waals surface area (Å²) in [5.41, 5.74) is 6.19. The number of halogens is 1. The Morgan fingerprint density at radius 1 is 1.47 bits per heavy atom. The number of para-hydroxylation sites is 1. The van der Waals surface area contributed by atoms with Crippen LogP contribution in [0.15, 0.2) is 18.2 Å². The van der Waals surface area contributed by atoms with Crippen molar-refractivity contribution in [3.05, 3.63) is 33.3 Å². The lowest BCUT2D eigenvalue weighted by Gasteiger charge is -2.24. The number of nitro groups is 1. The van der Waals surface area contributed by atoms with E-state index in [1.807, 2.05) is 0 Å². The van der Waals surface area contributed by atoms with Crippen LogP contribution in [-0.2, 0) is 0 Å². The zero-order valence-corrected chi connectivity index (χ0v) is 11.4. The van der Waals surface area contributed by atoms with E-state index in [9.17, 15) is 10.1 Å². The molecule has 0 bridgehead atoms. The zero-order valence-electron chi connectivity index (χ0n) is 10.6. The Hall–Kier alpha value is -1.33. The molecule has 0 aliphatic heterocycles. The number of nitro benzene ring substituents is 1. The van der Waals surface area contributed by atoms with Gasteiger partial charge in [0.25, 0.3) is 0 Å². The van der Waals surface area contributed by atoms with Crippen LogP contribution >= 0.6 is 11.6 Å². The van der Waals surface area contributed by atoms with Crippen LogP contribution in [0.1, 0.15) is 25.7 Å². The molecule has 104 valence electrons. The largest absolute Gasteiger partial charge is 0.375 e. The van der Waals surface area contributed by atoms with Crippen LogP contribution in [-0.4, -0.2) is 17.5 Å². The van der Waals surface area contributed by atoms with E-state index >= 15 is 0 Å². The molecule has 1 aliphatic rings. The SMILES string of the molecule is NCC(Nc1cccc(Cl)c1[N+](=O)[O-])C1CCCC1. The standard InChI is InChI=1S/C13H18ClN3O2/c14-10-6-3-7-11(13(10)17(18)19)16-12(8-15)9-4-1-2-5-9/h3,6-7,9,12,16H,1-2,4-5,8,15H2. The molecule has 1 atom stereocenters. The number of hydrogen-bond acceptors (Lipinski definition) is 4. The van der Waals surface area contributed by atoms with E-state index in [0.717, 1.165) is 12.8 Å². The molecule has 0 heterocycles. The minimum Gasteiger partial charge on any atom is -0.375 e. The first-order chi connectivity index (χ1) is 9.13. The minimum atomic E-state index is -0.451. The summed E-state index contributed by atoms with van der Waals surface area (Å²) in [6, 6.07) is 4.99. The highest BCUT2D eigenvalue weighted by Crippen LogP contribution is 2.35. The number of benzene rings is 1. The lowest BCUT2D eigenvalue weighted by Crippen LogP contribution is -2.35. The molecule has 2 rings (SSSR count). The molecular weight excluding hydrogens is 266 g/mol. The molecular formula is C13H18ClN3O2. The molecule has 1 aromatic rings. The van der Waals surface area contributed by atoms with Gasteiger partial charge < -0.3 is 11.1 Å². The fraction of sp³-hybridized carbons (Fsp3) is 0.538. The Balaban J connectivity index is 2.21. The Bertz CT molecular complexity index is 461. The van der Waals surface area contributed by atoms with Crippen molar-refractivity contribution in [3.63, 3.8) is 0 Å². The van der Waals surface area contributed by atoms with Crippen molar-refractivity contribution < 1.29 is 4.92 Å². The van der Waals surface area contributed by atoms with Gasteiger partial charge in [0.2, 0.25) is 0 Å². The first-order valence-electron chi connectivity index (χ1n) is 6.53. The van der Waals surface area contributed by atoms with Crippen LogP contribution in [0.4, 0.5) is 11.4 Å². The fourth-order valence-corrected chi connectivity index (χ4v) is 2.99. The van der Waals surface area contributed by atoms with Crippen molar-refractivity contribution in [3.8, 4) is 0 Å². The Morgan fingerprint density at radius 3 is 2.74 bits per heavy atom. The number of nitrogens with two attached hydrogens (primary N) is 1. The van der Waals surface area contributed by atoms with Crippen molar-refractivity contribution in [2.75, 3.05) is 11.9 Å². The second-order valence-corrected chi connectivity index (χ2v) is 5.33. The highest BCUT2D eigenvalue weighted by molar-refractivity contribution is 6.33. The van der Waals surface area contributed by atoms with E-state index in [1.54, 1.807) is 12.1 Å². The predicted molar refractivity (Wildman–Crippen MR) is 76.5 cm³/mol. The third-order valence-electron chi connectivity index (χ3n) is 3.73. The number of nitrogens with one attached hydrogen (secondary N) is 1. The van der Waals surface area contributed by atoms with Crippen molar-refractivity contribution in [1.29, 1.82) is 0 Å². The molecule has 0 aromatic heterocycles. The van der Waals surface area contributed by atoms with Crippen LogP contribution < -0.4 is 11.1 Å². The van der Waals surface area contributed by atoms with Gasteiger partial charge in [0.1, 0.15) is 10.7 Å². The first-order valence-corrected chi connectivity index (χ1v) is 6.90. The normalized spacial score (nSPS) is 17.4. The molecule has 1 unspecified atom stereocenters. The van der Waals surface area contributed by atoms with Crippen molar-refractivity contribution in [2.45, 2.75) is 31.7 Å². The summed E-state index contributed by atoms with van der Waals surface area (Å²) in [5, 5.41) is 14.4. The monoisotopic (exact) mass is 283 g/mol. The average molecular weight is 284 g/mol. The van der Waals surface area contributed by atoms with E-state index in [-0.39, 0.29) is 16.8 Å². The molecule has 19 heavy (non-hydrogen) atoms. The van der Waals surface area contributed by atoms with Crippen molar-refractivity contribution in [1.82, 2.24) is 0 Å². The van der Waals surface area contributed by atoms with Crippen molar-refractivity contribution in [2.24, 2.45) is 11.7 Å². The van der Waals surface area contributed by atoms with E-state index in [0.29, 0.717) is 18.2 Å². The minimum absolute atomic E-state index is 0.0689.